The summed E-state index contributed by atoms with van der Waals surface area (Å²) in [4.78, 5) is 13.2. The molecule has 1 heterocycles. The summed E-state index contributed by atoms with van der Waals surface area (Å²) in [6, 6.07) is 0.326. The molecule has 0 spiro atoms. The minimum Gasteiger partial charge on any atom is -0.374 e. The van der Waals surface area contributed by atoms with E-state index in [0.717, 1.165) is 0 Å². The van der Waals surface area contributed by atoms with Gasteiger partial charge in [0.25, 0.3) is 0 Å². The molecule has 1 saturated heterocycles. The fourth-order valence-electron chi connectivity index (χ4n) is 1.74. The van der Waals surface area contributed by atoms with Gasteiger partial charge in [-0.1, -0.05) is 40.2 Å². The molecule has 2 nitrogen and oxygen atoms in total. The maximum Gasteiger partial charge on any atom is 3.00 e. The molecule has 1 aliphatic heterocycles. The van der Waals surface area contributed by atoms with Crippen LogP contribution in [-0.4, -0.2) is 23.9 Å². The topological polar surface area (TPSA) is 20.3 Å². The van der Waals surface area contributed by atoms with Crippen LogP contribution >= 0.6 is 0 Å². The second-order valence-corrected chi connectivity index (χ2v) is 5.09. The molecule has 1 rings (SSSR count). The summed E-state index contributed by atoms with van der Waals surface area (Å²) in [5, 5.41) is 0. The molecule has 0 N–H and O–H groups in total. The number of hydrogen-bond donors (Lipinski definition) is 0. The van der Waals surface area contributed by atoms with Crippen molar-refractivity contribution in [1.29, 1.82) is 0 Å². The van der Waals surface area contributed by atoms with Crippen molar-refractivity contribution in [2.75, 3.05) is 7.05 Å². The Hall–Kier alpha value is 0.574. The van der Waals surface area contributed by atoms with Gasteiger partial charge in [-0.05, 0) is 11.3 Å². The number of hydrogen-bond acceptors (Lipinski definition) is 1. The van der Waals surface area contributed by atoms with Gasteiger partial charge in [-0.15, -0.1) is 0 Å². The van der Waals surface area contributed by atoms with Crippen molar-refractivity contribution >= 4 is 5.91 Å². The van der Waals surface area contributed by atoms with E-state index >= 15 is 0 Å². The SMILES string of the molecule is CC(C1[CH-]CC(=O)N1C)C(C)(C)C.[Y+3]. The van der Waals surface area contributed by atoms with E-state index in [-0.39, 0.29) is 44.0 Å². The van der Waals surface area contributed by atoms with E-state index < -0.39 is 0 Å². The minimum atomic E-state index is 0. The van der Waals surface area contributed by atoms with E-state index in [0.29, 0.717) is 18.4 Å². The Balaban J connectivity index is 0.00000169. The number of carbonyl (C=O) groups excluding carboxylic acids is 1. The molecule has 1 fully saturated rings. The Kier molecular flexibility index (Phi) is 5.28. The third kappa shape index (κ3) is 3.03. The molecule has 1 amide bonds. The zero-order valence-corrected chi connectivity index (χ0v) is 12.7. The zero-order valence-electron chi connectivity index (χ0n) is 9.87. The third-order valence-electron chi connectivity index (χ3n) is 3.25. The van der Waals surface area contributed by atoms with E-state index in [9.17, 15) is 4.79 Å². The molecule has 1 aliphatic rings. The number of nitrogens with zero attached hydrogens (tertiary/aromatic N) is 1. The first kappa shape index (κ1) is 14.6. The van der Waals surface area contributed by atoms with E-state index in [1.54, 1.807) is 0 Å². The molecule has 0 radical (unpaired) electrons. The monoisotopic (exact) mass is 271 g/mol. The molecule has 0 aliphatic carbocycles. The first-order valence-electron chi connectivity index (χ1n) is 4.93. The van der Waals surface area contributed by atoms with E-state index in [2.05, 4.69) is 34.1 Å². The van der Waals surface area contributed by atoms with Crippen molar-refractivity contribution in [3.8, 4) is 0 Å². The van der Waals surface area contributed by atoms with Gasteiger partial charge in [-0.25, -0.2) is 0 Å². The zero-order chi connectivity index (χ0) is 10.2. The largest absolute Gasteiger partial charge is 3.00 e. The van der Waals surface area contributed by atoms with Crippen molar-refractivity contribution < 1.29 is 37.5 Å². The van der Waals surface area contributed by atoms with Crippen LogP contribution in [0.2, 0.25) is 0 Å². The molecule has 14 heavy (non-hydrogen) atoms. The van der Waals surface area contributed by atoms with Crippen LogP contribution in [0.1, 0.15) is 34.1 Å². The van der Waals surface area contributed by atoms with Gasteiger partial charge in [0, 0.05) is 7.05 Å². The molecular weight excluding hydrogens is 251 g/mol. The van der Waals surface area contributed by atoms with Crippen LogP contribution in [0.4, 0.5) is 0 Å². The second-order valence-electron chi connectivity index (χ2n) is 5.09. The van der Waals surface area contributed by atoms with Crippen LogP contribution in [0.3, 0.4) is 0 Å². The molecular formula is C11H20NOY+2. The first-order valence-corrected chi connectivity index (χ1v) is 4.93. The van der Waals surface area contributed by atoms with Crippen molar-refractivity contribution in [3.63, 3.8) is 0 Å². The Morgan fingerprint density at radius 3 is 2.29 bits per heavy atom. The van der Waals surface area contributed by atoms with E-state index in [1.165, 1.54) is 0 Å². The van der Waals surface area contributed by atoms with Crippen LogP contribution in [0.25, 0.3) is 0 Å². The van der Waals surface area contributed by atoms with Crippen LogP contribution in [0.15, 0.2) is 0 Å². The summed E-state index contributed by atoms with van der Waals surface area (Å²) < 4.78 is 0. The normalized spacial score (nSPS) is 24.8. The summed E-state index contributed by atoms with van der Waals surface area (Å²) in [5.74, 6) is 0.769. The first-order chi connectivity index (χ1) is 5.84. The van der Waals surface area contributed by atoms with Gasteiger partial charge in [-0.2, -0.15) is 0 Å². The maximum absolute atomic E-state index is 11.3. The molecule has 2 atom stereocenters. The molecule has 76 valence electrons. The number of rotatable bonds is 1. The van der Waals surface area contributed by atoms with Crippen LogP contribution in [0, 0.1) is 17.8 Å². The number of likely N-dealkylation sites (tertiary alicyclic amines) is 1. The van der Waals surface area contributed by atoms with Gasteiger partial charge in [0.15, 0.2) is 5.91 Å². The van der Waals surface area contributed by atoms with E-state index in [1.807, 2.05) is 11.9 Å². The van der Waals surface area contributed by atoms with Gasteiger partial charge < -0.3 is 4.90 Å². The molecule has 2 unspecified atom stereocenters. The molecule has 0 bridgehead atoms. The number of amides is 1. The van der Waals surface area contributed by atoms with Crippen molar-refractivity contribution in [2.24, 2.45) is 11.3 Å². The predicted octanol–water partition coefficient (Wildman–Crippen LogP) is 2.10. The average molecular weight is 271 g/mol. The molecule has 3 heteroatoms. The van der Waals surface area contributed by atoms with Gasteiger partial charge in [0.1, 0.15) is 0 Å². The van der Waals surface area contributed by atoms with Crippen molar-refractivity contribution in [3.05, 3.63) is 6.42 Å². The summed E-state index contributed by atoms with van der Waals surface area (Å²) in [7, 11) is 1.90. The molecule has 0 aromatic carbocycles. The minimum absolute atomic E-state index is 0. The standard InChI is InChI=1S/C11H20NO.Y/c1-8(11(2,3)4)9-6-7-10(13)12(9)5;/h6,8-9H,7H2,1-5H3;/q-1;+3. The quantitative estimate of drug-likeness (QED) is 0.669. The third-order valence-corrected chi connectivity index (χ3v) is 3.25. The summed E-state index contributed by atoms with van der Waals surface area (Å²) in [6.45, 7) is 8.89. The summed E-state index contributed by atoms with van der Waals surface area (Å²) >= 11 is 0. The summed E-state index contributed by atoms with van der Waals surface area (Å²) in [6.07, 6.45) is 2.75. The predicted molar refractivity (Wildman–Crippen MR) is 54.1 cm³/mol. The Morgan fingerprint density at radius 1 is 1.50 bits per heavy atom. The molecule has 0 saturated carbocycles. The molecule has 0 aromatic rings. The average Bonchev–Trinajstić information content (AvgIpc) is 2.30. The van der Waals surface area contributed by atoms with Gasteiger partial charge in [-0.3, -0.25) is 11.2 Å². The Morgan fingerprint density at radius 2 is 2.00 bits per heavy atom. The maximum atomic E-state index is 11.3. The summed E-state index contributed by atoms with van der Waals surface area (Å²) in [5.41, 5.74) is 0.264. The fraction of sp³-hybridized carbons (Fsp3) is 0.818. The second kappa shape index (κ2) is 5.07. The van der Waals surface area contributed by atoms with E-state index in [4.69, 9.17) is 0 Å². The van der Waals surface area contributed by atoms with Gasteiger partial charge >= 0.3 is 32.7 Å². The smallest absolute Gasteiger partial charge is 0.374 e. The van der Waals surface area contributed by atoms with Gasteiger partial charge in [0.05, 0.1) is 0 Å². The molecule has 0 aromatic heterocycles. The van der Waals surface area contributed by atoms with Crippen LogP contribution in [0.5, 0.6) is 0 Å². The Bertz CT molecular complexity index is 210. The van der Waals surface area contributed by atoms with Crippen LogP contribution in [-0.2, 0) is 37.5 Å². The van der Waals surface area contributed by atoms with Crippen molar-refractivity contribution in [2.45, 2.75) is 40.2 Å². The van der Waals surface area contributed by atoms with Gasteiger partial charge in [0.2, 0.25) is 0 Å². The Labute approximate surface area is 113 Å². The van der Waals surface area contributed by atoms with Crippen molar-refractivity contribution in [1.82, 2.24) is 4.90 Å². The van der Waals surface area contributed by atoms with Crippen LogP contribution < -0.4 is 0 Å². The fourth-order valence-corrected chi connectivity index (χ4v) is 1.74. The number of carbonyl (C=O) groups is 1.